The number of rotatable bonds is 3. The van der Waals surface area contributed by atoms with Gasteiger partial charge in [-0.3, -0.25) is 10.6 Å². The maximum absolute atomic E-state index is 11.8. The van der Waals surface area contributed by atoms with Gasteiger partial charge >= 0.3 is 12.2 Å². The SMILES string of the molecule is CCC(O)CN=C(NC(=O)OC(C)(C)C)NC(=O)OC(C)(C)C. The molecule has 0 fully saturated rings. The highest BCUT2D eigenvalue weighted by Crippen LogP contribution is 2.07. The maximum Gasteiger partial charge on any atom is 0.414 e. The molecule has 0 radical (unpaired) electrons. The molecule has 0 bridgehead atoms. The monoisotopic (exact) mass is 331 g/mol. The number of aliphatic hydroxyl groups excluding tert-OH is 1. The third-order valence-electron chi connectivity index (χ3n) is 2.17. The molecule has 134 valence electrons. The Hall–Kier alpha value is -1.83. The van der Waals surface area contributed by atoms with Gasteiger partial charge < -0.3 is 14.6 Å². The van der Waals surface area contributed by atoms with E-state index < -0.39 is 29.5 Å². The topological polar surface area (TPSA) is 109 Å². The van der Waals surface area contributed by atoms with E-state index in [9.17, 15) is 14.7 Å². The second-order valence-electron chi connectivity index (χ2n) is 7.01. The summed E-state index contributed by atoms with van der Waals surface area (Å²) < 4.78 is 10.2. The average Bonchev–Trinajstić information content (AvgIpc) is 2.30. The van der Waals surface area contributed by atoms with E-state index in [1.807, 2.05) is 0 Å². The van der Waals surface area contributed by atoms with Crippen LogP contribution in [0.4, 0.5) is 9.59 Å². The van der Waals surface area contributed by atoms with Gasteiger partial charge in [-0.2, -0.15) is 0 Å². The molecule has 3 N–H and O–H groups in total. The number of alkyl carbamates (subject to hydrolysis) is 2. The van der Waals surface area contributed by atoms with Crippen LogP contribution in [-0.2, 0) is 9.47 Å². The summed E-state index contributed by atoms with van der Waals surface area (Å²) in [5.74, 6) is -0.138. The van der Waals surface area contributed by atoms with E-state index in [1.54, 1.807) is 48.5 Å². The molecular weight excluding hydrogens is 302 g/mol. The summed E-state index contributed by atoms with van der Waals surface area (Å²) in [5, 5.41) is 14.2. The number of guanidine groups is 1. The molecule has 0 aromatic carbocycles. The van der Waals surface area contributed by atoms with Gasteiger partial charge in [0.2, 0.25) is 5.96 Å². The molecule has 0 saturated heterocycles. The van der Waals surface area contributed by atoms with Crippen LogP contribution in [0.15, 0.2) is 4.99 Å². The van der Waals surface area contributed by atoms with Gasteiger partial charge in [0.1, 0.15) is 11.2 Å². The van der Waals surface area contributed by atoms with E-state index in [0.29, 0.717) is 6.42 Å². The van der Waals surface area contributed by atoms with Crippen molar-refractivity contribution in [2.75, 3.05) is 6.54 Å². The minimum atomic E-state index is -0.765. The Bertz CT molecular complexity index is 403. The lowest BCUT2D eigenvalue weighted by atomic mass is 10.2. The van der Waals surface area contributed by atoms with Crippen molar-refractivity contribution in [1.29, 1.82) is 0 Å². The van der Waals surface area contributed by atoms with Crippen molar-refractivity contribution in [1.82, 2.24) is 10.6 Å². The van der Waals surface area contributed by atoms with Crippen LogP contribution in [0.1, 0.15) is 54.9 Å². The Balaban J connectivity index is 4.88. The Kier molecular flexibility index (Phi) is 8.02. The van der Waals surface area contributed by atoms with E-state index in [2.05, 4.69) is 15.6 Å². The van der Waals surface area contributed by atoms with Crippen LogP contribution in [0.3, 0.4) is 0 Å². The Morgan fingerprint density at radius 2 is 1.39 bits per heavy atom. The van der Waals surface area contributed by atoms with Crippen molar-refractivity contribution in [3.8, 4) is 0 Å². The molecule has 23 heavy (non-hydrogen) atoms. The molecule has 0 spiro atoms. The molecule has 8 nitrogen and oxygen atoms in total. The summed E-state index contributed by atoms with van der Waals surface area (Å²) in [4.78, 5) is 27.5. The highest BCUT2D eigenvalue weighted by molar-refractivity contribution is 6.01. The van der Waals surface area contributed by atoms with Gasteiger partial charge in [0, 0.05) is 0 Å². The lowest BCUT2D eigenvalue weighted by molar-refractivity contribution is 0.0544. The minimum absolute atomic E-state index is 0.0252. The number of amides is 2. The zero-order chi connectivity index (χ0) is 18.3. The average molecular weight is 331 g/mol. The van der Waals surface area contributed by atoms with Gasteiger partial charge in [-0.25, -0.2) is 14.6 Å². The molecule has 0 aromatic rings. The molecule has 8 heteroatoms. The van der Waals surface area contributed by atoms with Gasteiger partial charge in [0.05, 0.1) is 12.6 Å². The van der Waals surface area contributed by atoms with Gasteiger partial charge in [0.15, 0.2) is 0 Å². The van der Waals surface area contributed by atoms with Crippen LogP contribution < -0.4 is 10.6 Å². The number of hydrogen-bond donors (Lipinski definition) is 3. The second kappa shape index (κ2) is 8.71. The first kappa shape index (κ1) is 21.2. The van der Waals surface area contributed by atoms with E-state index in [-0.39, 0.29) is 12.5 Å². The van der Waals surface area contributed by atoms with Crippen molar-refractivity contribution < 1.29 is 24.2 Å². The van der Waals surface area contributed by atoms with Crippen molar-refractivity contribution in [2.45, 2.75) is 72.2 Å². The fourth-order valence-electron chi connectivity index (χ4n) is 1.24. The van der Waals surface area contributed by atoms with Crippen LogP contribution in [0, 0.1) is 0 Å². The van der Waals surface area contributed by atoms with Crippen LogP contribution in [0.25, 0.3) is 0 Å². The van der Waals surface area contributed by atoms with Crippen molar-refractivity contribution in [3.63, 3.8) is 0 Å². The number of nitrogens with one attached hydrogen (secondary N) is 2. The normalized spacial score (nSPS) is 12.9. The first-order valence-electron chi connectivity index (χ1n) is 7.55. The summed E-state index contributed by atoms with van der Waals surface area (Å²) >= 11 is 0. The highest BCUT2D eigenvalue weighted by Gasteiger charge is 2.21. The number of carbonyl (C=O) groups excluding carboxylic acids is 2. The second-order valence-corrected chi connectivity index (χ2v) is 7.01. The fraction of sp³-hybridized carbons (Fsp3) is 0.800. The standard InChI is InChI=1S/C15H29N3O5/c1-8-10(19)9-16-11(17-12(20)22-14(2,3)4)18-13(21)23-15(5,6)7/h10,19H,8-9H2,1-7H3,(H2,16,17,18,20,21). The molecule has 1 unspecified atom stereocenters. The minimum Gasteiger partial charge on any atom is -0.444 e. The summed E-state index contributed by atoms with van der Waals surface area (Å²) in [6.07, 6.45) is -1.71. The van der Waals surface area contributed by atoms with Gasteiger partial charge in [-0.1, -0.05) is 6.92 Å². The Labute approximate surface area is 137 Å². The first-order valence-corrected chi connectivity index (χ1v) is 7.55. The molecule has 0 aliphatic heterocycles. The third kappa shape index (κ3) is 12.4. The molecule has 1 atom stereocenters. The molecule has 0 aromatic heterocycles. The van der Waals surface area contributed by atoms with Crippen molar-refractivity contribution in [2.24, 2.45) is 4.99 Å². The zero-order valence-electron chi connectivity index (χ0n) is 15.0. The van der Waals surface area contributed by atoms with Crippen molar-refractivity contribution in [3.05, 3.63) is 0 Å². The predicted molar refractivity (Wildman–Crippen MR) is 87.3 cm³/mol. The van der Waals surface area contributed by atoms with Crippen LogP contribution in [0.5, 0.6) is 0 Å². The summed E-state index contributed by atoms with van der Waals surface area (Å²) in [5.41, 5.74) is -1.38. The predicted octanol–water partition coefficient (Wildman–Crippen LogP) is 2.16. The van der Waals surface area contributed by atoms with E-state index in [0.717, 1.165) is 0 Å². The largest absolute Gasteiger partial charge is 0.444 e. The molecule has 0 rings (SSSR count). The van der Waals surface area contributed by atoms with E-state index in [4.69, 9.17) is 9.47 Å². The fourth-order valence-corrected chi connectivity index (χ4v) is 1.24. The summed E-state index contributed by atoms with van der Waals surface area (Å²) in [6, 6.07) is 0. The van der Waals surface area contributed by atoms with Crippen LogP contribution in [-0.4, -0.2) is 47.1 Å². The van der Waals surface area contributed by atoms with Gasteiger partial charge in [-0.15, -0.1) is 0 Å². The molecule has 0 heterocycles. The smallest absolute Gasteiger partial charge is 0.414 e. The van der Waals surface area contributed by atoms with Crippen molar-refractivity contribution >= 4 is 18.1 Å². The lowest BCUT2D eigenvalue weighted by Crippen LogP contribution is -2.47. The molecule has 0 aliphatic carbocycles. The van der Waals surface area contributed by atoms with E-state index >= 15 is 0 Å². The molecular formula is C15H29N3O5. The number of carbonyl (C=O) groups is 2. The maximum atomic E-state index is 11.8. The Morgan fingerprint density at radius 1 is 1.00 bits per heavy atom. The highest BCUT2D eigenvalue weighted by atomic mass is 16.6. The third-order valence-corrected chi connectivity index (χ3v) is 2.17. The lowest BCUT2D eigenvalue weighted by Gasteiger charge is -2.22. The summed E-state index contributed by atoms with van der Waals surface area (Å²) in [7, 11) is 0. The summed E-state index contributed by atoms with van der Waals surface area (Å²) in [6.45, 7) is 12.1. The number of hydrogen-bond acceptors (Lipinski definition) is 6. The number of aliphatic imine (C=N–C) groups is 1. The quantitative estimate of drug-likeness (QED) is 0.542. The van der Waals surface area contributed by atoms with Gasteiger partial charge in [0.25, 0.3) is 0 Å². The molecule has 0 aliphatic rings. The van der Waals surface area contributed by atoms with E-state index in [1.165, 1.54) is 0 Å². The first-order chi connectivity index (χ1) is 10.3. The molecule has 2 amide bonds. The zero-order valence-corrected chi connectivity index (χ0v) is 15.0. The molecule has 0 saturated carbocycles. The Morgan fingerprint density at radius 3 is 1.70 bits per heavy atom. The number of aliphatic hydroxyl groups is 1. The van der Waals surface area contributed by atoms with Crippen LogP contribution in [0.2, 0.25) is 0 Å². The van der Waals surface area contributed by atoms with Gasteiger partial charge in [-0.05, 0) is 48.0 Å². The van der Waals surface area contributed by atoms with Crippen LogP contribution >= 0.6 is 0 Å². The number of ether oxygens (including phenoxy) is 2. The number of nitrogens with zero attached hydrogens (tertiary/aromatic N) is 1.